The molecule has 0 aliphatic carbocycles. The summed E-state index contributed by atoms with van der Waals surface area (Å²) >= 11 is 0. The minimum absolute atomic E-state index is 0.0592. The van der Waals surface area contributed by atoms with Crippen LogP contribution in [0.1, 0.15) is 0 Å². The van der Waals surface area contributed by atoms with E-state index >= 15 is 0 Å². The number of hydrogen-bond acceptors (Lipinski definition) is 3. The third-order valence-corrected chi connectivity index (χ3v) is 2.63. The summed E-state index contributed by atoms with van der Waals surface area (Å²) in [5.74, 6) is 1.45. The van der Waals surface area contributed by atoms with Crippen molar-refractivity contribution in [3.8, 4) is 17.2 Å². The highest BCUT2D eigenvalue weighted by Crippen LogP contribution is 2.35. The third kappa shape index (κ3) is 3.89. The topological polar surface area (TPSA) is 121 Å². The van der Waals surface area contributed by atoms with Gasteiger partial charge in [0.25, 0.3) is 0 Å². The van der Waals surface area contributed by atoms with Gasteiger partial charge in [0.2, 0.25) is 5.96 Å². The molecule has 6 N–H and O–H groups in total. The highest BCUT2D eigenvalue weighted by molar-refractivity contribution is 5.93. The molecule has 0 aliphatic rings. The molecule has 0 saturated carbocycles. The second-order valence-corrected chi connectivity index (χ2v) is 4.23. The fourth-order valence-corrected chi connectivity index (χ4v) is 1.74. The highest BCUT2D eigenvalue weighted by atomic mass is 16.5. The van der Waals surface area contributed by atoms with Gasteiger partial charge in [0.1, 0.15) is 5.69 Å². The van der Waals surface area contributed by atoms with Crippen molar-refractivity contribution in [1.29, 1.82) is 0 Å². The van der Waals surface area contributed by atoms with Crippen molar-refractivity contribution in [3.05, 3.63) is 48.5 Å². The van der Waals surface area contributed by atoms with Crippen LogP contribution in [-0.2, 0) is 0 Å². The fourth-order valence-electron chi connectivity index (χ4n) is 1.74. The van der Waals surface area contributed by atoms with Gasteiger partial charge in [0, 0.05) is 0 Å². The molecule has 114 valence electrons. The van der Waals surface area contributed by atoms with Gasteiger partial charge in [-0.25, -0.2) is 4.99 Å². The average Bonchev–Trinajstić information content (AvgIpc) is 2.49. The average molecular weight is 299 g/mol. The zero-order valence-electron chi connectivity index (χ0n) is 12.1. The van der Waals surface area contributed by atoms with Gasteiger partial charge >= 0.3 is 0 Å². The lowest BCUT2D eigenvalue weighted by molar-refractivity contribution is 0.379. The predicted molar refractivity (Wildman–Crippen MR) is 86.6 cm³/mol. The molecule has 0 aromatic heterocycles. The zero-order chi connectivity index (χ0) is 15.9. The van der Waals surface area contributed by atoms with Crippen molar-refractivity contribution >= 4 is 17.6 Å². The smallest absolute Gasteiger partial charge is 0.223 e. The van der Waals surface area contributed by atoms with E-state index in [1.807, 2.05) is 18.2 Å². The van der Waals surface area contributed by atoms with E-state index in [4.69, 9.17) is 26.7 Å². The lowest BCUT2D eigenvalue weighted by Gasteiger charge is -2.11. The van der Waals surface area contributed by atoms with Crippen LogP contribution >= 0.6 is 0 Å². The maximum atomic E-state index is 5.84. The second kappa shape index (κ2) is 6.98. The monoisotopic (exact) mass is 299 g/mol. The summed E-state index contributed by atoms with van der Waals surface area (Å²) in [7, 11) is 1.57. The molecule has 2 aromatic carbocycles. The summed E-state index contributed by atoms with van der Waals surface area (Å²) in [6.07, 6.45) is 0. The third-order valence-electron chi connectivity index (χ3n) is 2.63. The number of hydrogen-bond donors (Lipinski definition) is 3. The quantitative estimate of drug-likeness (QED) is 0.586. The molecule has 0 fully saturated rings. The number of benzene rings is 2. The normalized spacial score (nSPS) is 10.9. The van der Waals surface area contributed by atoms with Crippen LogP contribution in [0.25, 0.3) is 0 Å². The van der Waals surface area contributed by atoms with Crippen LogP contribution in [-0.4, -0.2) is 19.0 Å². The number of para-hydroxylation sites is 4. The molecule has 0 spiro atoms. The van der Waals surface area contributed by atoms with Crippen LogP contribution in [0.4, 0.5) is 5.69 Å². The van der Waals surface area contributed by atoms with Gasteiger partial charge in [0.05, 0.1) is 7.11 Å². The first kappa shape index (κ1) is 15.2. The van der Waals surface area contributed by atoms with Gasteiger partial charge in [-0.1, -0.05) is 24.3 Å². The number of guanidine groups is 2. The number of nitrogens with zero attached hydrogens (tertiary/aromatic N) is 2. The summed E-state index contributed by atoms with van der Waals surface area (Å²) < 4.78 is 11.1. The van der Waals surface area contributed by atoms with Crippen molar-refractivity contribution in [1.82, 2.24) is 0 Å². The first-order chi connectivity index (χ1) is 10.6. The lowest BCUT2D eigenvalue weighted by atomic mass is 10.3. The molecule has 7 nitrogen and oxygen atoms in total. The Labute approximate surface area is 128 Å². The van der Waals surface area contributed by atoms with Crippen LogP contribution in [0.15, 0.2) is 58.5 Å². The zero-order valence-corrected chi connectivity index (χ0v) is 12.1. The summed E-state index contributed by atoms with van der Waals surface area (Å²) in [4.78, 5) is 7.81. The van der Waals surface area contributed by atoms with Crippen molar-refractivity contribution < 1.29 is 9.47 Å². The molecule has 0 bridgehead atoms. The van der Waals surface area contributed by atoms with Crippen LogP contribution in [0.3, 0.4) is 0 Å². The van der Waals surface area contributed by atoms with E-state index in [0.717, 1.165) is 0 Å². The molecule has 2 aromatic rings. The van der Waals surface area contributed by atoms with E-state index < -0.39 is 0 Å². The van der Waals surface area contributed by atoms with Gasteiger partial charge in [-0.15, -0.1) is 0 Å². The Kier molecular flexibility index (Phi) is 4.81. The van der Waals surface area contributed by atoms with E-state index in [1.165, 1.54) is 0 Å². The Bertz CT molecular complexity index is 709. The van der Waals surface area contributed by atoms with Gasteiger partial charge < -0.3 is 26.7 Å². The Morgan fingerprint density at radius 3 is 2.09 bits per heavy atom. The van der Waals surface area contributed by atoms with E-state index in [-0.39, 0.29) is 11.9 Å². The summed E-state index contributed by atoms with van der Waals surface area (Å²) in [6, 6.07) is 14.4. The molecule has 0 saturated heterocycles. The molecule has 2 rings (SSSR count). The molecule has 0 amide bonds. The molecule has 0 radical (unpaired) electrons. The number of aliphatic imine (C=N–C) groups is 2. The van der Waals surface area contributed by atoms with E-state index in [2.05, 4.69) is 9.98 Å². The lowest BCUT2D eigenvalue weighted by Crippen LogP contribution is -2.26. The van der Waals surface area contributed by atoms with Crippen LogP contribution in [0, 0.1) is 0 Å². The molecule has 0 unspecified atom stereocenters. The minimum Gasteiger partial charge on any atom is -0.493 e. The summed E-state index contributed by atoms with van der Waals surface area (Å²) in [6.45, 7) is 0. The van der Waals surface area contributed by atoms with Gasteiger partial charge in [-0.3, -0.25) is 0 Å². The maximum Gasteiger partial charge on any atom is 0.223 e. The summed E-state index contributed by atoms with van der Waals surface area (Å²) in [5.41, 5.74) is 16.7. The van der Waals surface area contributed by atoms with Gasteiger partial charge in [-0.2, -0.15) is 4.99 Å². The highest BCUT2D eigenvalue weighted by Gasteiger charge is 2.08. The van der Waals surface area contributed by atoms with E-state index in [9.17, 15) is 0 Å². The molecule has 0 atom stereocenters. The van der Waals surface area contributed by atoms with E-state index in [0.29, 0.717) is 22.9 Å². The largest absolute Gasteiger partial charge is 0.493 e. The molecule has 22 heavy (non-hydrogen) atoms. The Balaban J connectivity index is 2.35. The Morgan fingerprint density at radius 2 is 1.45 bits per heavy atom. The number of ether oxygens (including phenoxy) is 2. The van der Waals surface area contributed by atoms with E-state index in [1.54, 1.807) is 37.4 Å². The second-order valence-electron chi connectivity index (χ2n) is 4.23. The minimum atomic E-state index is -0.163. The predicted octanol–water partition coefficient (Wildman–Crippen LogP) is 1.71. The van der Waals surface area contributed by atoms with Gasteiger partial charge in [0.15, 0.2) is 23.2 Å². The van der Waals surface area contributed by atoms with Crippen molar-refractivity contribution in [3.63, 3.8) is 0 Å². The summed E-state index contributed by atoms with van der Waals surface area (Å²) in [5, 5.41) is 0. The van der Waals surface area contributed by atoms with Crippen molar-refractivity contribution in [2.24, 2.45) is 27.2 Å². The first-order valence-electron chi connectivity index (χ1n) is 6.44. The molecular formula is C15H17N5O2. The Morgan fingerprint density at radius 1 is 0.864 bits per heavy atom. The number of rotatable bonds is 4. The number of methoxy groups -OCH3 is 1. The molecule has 0 aliphatic heterocycles. The first-order valence-corrected chi connectivity index (χ1v) is 6.44. The fraction of sp³-hybridized carbons (Fsp3) is 0.0667. The van der Waals surface area contributed by atoms with Gasteiger partial charge in [-0.05, 0) is 24.3 Å². The van der Waals surface area contributed by atoms with Crippen molar-refractivity contribution in [2.45, 2.75) is 0 Å². The van der Waals surface area contributed by atoms with Crippen molar-refractivity contribution in [2.75, 3.05) is 7.11 Å². The standard InChI is InChI=1S/C15H17N5O2/c1-21-12-8-4-5-9-13(12)22-11-7-3-2-6-10(11)19-15(18)20-14(16)17/h2-9H,1H3,(H6,16,17,18,19,20). The van der Waals surface area contributed by atoms with Crippen LogP contribution in [0.2, 0.25) is 0 Å². The van der Waals surface area contributed by atoms with Crippen LogP contribution in [0.5, 0.6) is 17.2 Å². The molecular weight excluding hydrogens is 282 g/mol. The molecule has 0 heterocycles. The molecule has 7 heteroatoms. The Hall–Kier alpha value is -3.22. The maximum absolute atomic E-state index is 5.84. The number of nitrogens with two attached hydrogens (primary N) is 3. The van der Waals surface area contributed by atoms with Crippen LogP contribution < -0.4 is 26.7 Å². The SMILES string of the molecule is COc1ccccc1Oc1ccccc1N=C(N)N=C(N)N.